The average Bonchev–Trinajstić information content (AvgIpc) is 2.32. The number of carboxylic acids is 1. The molecule has 17 heavy (non-hydrogen) atoms. The van der Waals surface area contributed by atoms with E-state index < -0.39 is 5.97 Å². The Hall–Kier alpha value is -2.11. The zero-order chi connectivity index (χ0) is 12.4. The Labute approximate surface area is 98.5 Å². The number of hydrogen-bond donors (Lipinski definition) is 1. The molecule has 90 valence electrons. The lowest BCUT2D eigenvalue weighted by Gasteiger charge is -2.33. The van der Waals surface area contributed by atoms with Gasteiger partial charge in [0, 0.05) is 26.3 Å². The summed E-state index contributed by atoms with van der Waals surface area (Å²) >= 11 is 0. The number of carbonyl (C=O) groups excluding carboxylic acids is 1. The number of carbonyl (C=O) groups is 2. The standard InChI is InChI=1S/C11H13N3O3/c1-13-5-6-14(7-9(13)15)10-8(11(16)17)3-2-4-12-10/h2-4H,5-7H2,1H3,(H,16,17). The molecule has 0 spiro atoms. The van der Waals surface area contributed by atoms with E-state index in [1.54, 1.807) is 22.9 Å². The third kappa shape index (κ3) is 2.20. The number of likely N-dealkylation sites (N-methyl/N-ethyl adjacent to an activating group) is 1. The Morgan fingerprint density at radius 1 is 1.47 bits per heavy atom. The summed E-state index contributed by atoms with van der Waals surface area (Å²) in [5.74, 6) is -0.695. The van der Waals surface area contributed by atoms with Crippen LogP contribution in [0.3, 0.4) is 0 Å². The van der Waals surface area contributed by atoms with Crippen molar-refractivity contribution in [1.29, 1.82) is 0 Å². The predicted molar refractivity (Wildman–Crippen MR) is 61.0 cm³/mol. The molecule has 1 aromatic rings. The minimum atomic E-state index is -1.03. The van der Waals surface area contributed by atoms with Gasteiger partial charge in [-0.15, -0.1) is 0 Å². The van der Waals surface area contributed by atoms with Gasteiger partial charge in [0.1, 0.15) is 11.4 Å². The van der Waals surface area contributed by atoms with Crippen molar-refractivity contribution in [2.45, 2.75) is 0 Å². The average molecular weight is 235 g/mol. The minimum Gasteiger partial charge on any atom is -0.478 e. The molecule has 6 nitrogen and oxygen atoms in total. The number of rotatable bonds is 2. The SMILES string of the molecule is CN1CCN(c2ncccc2C(=O)O)CC1=O. The fourth-order valence-corrected chi connectivity index (χ4v) is 1.76. The molecule has 1 aliphatic heterocycles. The number of piperazine rings is 1. The highest BCUT2D eigenvalue weighted by Gasteiger charge is 2.25. The maximum atomic E-state index is 11.6. The van der Waals surface area contributed by atoms with Crippen LogP contribution in [-0.2, 0) is 4.79 Å². The first-order valence-electron chi connectivity index (χ1n) is 5.27. The Kier molecular flexibility index (Phi) is 2.95. The van der Waals surface area contributed by atoms with Crippen LogP contribution in [-0.4, -0.2) is 53.5 Å². The molecular weight excluding hydrogens is 222 g/mol. The second-order valence-electron chi connectivity index (χ2n) is 3.92. The van der Waals surface area contributed by atoms with E-state index in [0.29, 0.717) is 18.9 Å². The van der Waals surface area contributed by atoms with Gasteiger partial charge in [0.15, 0.2) is 0 Å². The molecule has 0 saturated carbocycles. The zero-order valence-corrected chi connectivity index (χ0v) is 9.46. The number of anilines is 1. The molecule has 2 rings (SSSR count). The van der Waals surface area contributed by atoms with Crippen LogP contribution in [0.5, 0.6) is 0 Å². The van der Waals surface area contributed by atoms with Crippen LogP contribution < -0.4 is 4.90 Å². The Morgan fingerprint density at radius 2 is 2.24 bits per heavy atom. The van der Waals surface area contributed by atoms with Crippen molar-refractivity contribution in [1.82, 2.24) is 9.88 Å². The van der Waals surface area contributed by atoms with E-state index in [4.69, 9.17) is 5.11 Å². The van der Waals surface area contributed by atoms with E-state index in [0.717, 1.165) is 0 Å². The van der Waals surface area contributed by atoms with E-state index in [-0.39, 0.29) is 18.0 Å². The molecule has 1 aliphatic rings. The van der Waals surface area contributed by atoms with E-state index >= 15 is 0 Å². The second kappa shape index (κ2) is 4.40. The Morgan fingerprint density at radius 3 is 2.88 bits per heavy atom. The minimum absolute atomic E-state index is 0.0294. The van der Waals surface area contributed by atoms with Gasteiger partial charge in [-0.2, -0.15) is 0 Å². The normalized spacial score (nSPS) is 16.2. The van der Waals surface area contributed by atoms with Crippen LogP contribution in [0, 0.1) is 0 Å². The molecule has 0 unspecified atom stereocenters. The number of aromatic carboxylic acids is 1. The number of nitrogens with zero attached hydrogens (tertiary/aromatic N) is 3. The lowest BCUT2D eigenvalue weighted by atomic mass is 10.2. The van der Waals surface area contributed by atoms with Gasteiger partial charge in [-0.1, -0.05) is 0 Å². The fraction of sp³-hybridized carbons (Fsp3) is 0.364. The van der Waals surface area contributed by atoms with Crippen molar-refractivity contribution < 1.29 is 14.7 Å². The van der Waals surface area contributed by atoms with Gasteiger partial charge >= 0.3 is 5.97 Å². The first kappa shape index (κ1) is 11.4. The largest absolute Gasteiger partial charge is 0.478 e. The van der Waals surface area contributed by atoms with Crippen molar-refractivity contribution in [3.05, 3.63) is 23.9 Å². The summed E-state index contributed by atoms with van der Waals surface area (Å²) in [6, 6.07) is 3.07. The summed E-state index contributed by atoms with van der Waals surface area (Å²) in [6.45, 7) is 1.35. The zero-order valence-electron chi connectivity index (χ0n) is 9.46. The summed E-state index contributed by atoms with van der Waals surface area (Å²) < 4.78 is 0. The molecule has 1 aromatic heterocycles. The smallest absolute Gasteiger partial charge is 0.339 e. The number of carboxylic acid groups (broad SMARTS) is 1. The summed E-state index contributed by atoms with van der Waals surface area (Å²) in [5.41, 5.74) is 0.129. The lowest BCUT2D eigenvalue weighted by Crippen LogP contribution is -2.49. The van der Waals surface area contributed by atoms with Crippen LogP contribution in [0.15, 0.2) is 18.3 Å². The molecule has 2 heterocycles. The highest BCUT2D eigenvalue weighted by molar-refractivity contribution is 5.94. The van der Waals surface area contributed by atoms with Gasteiger partial charge in [0.2, 0.25) is 5.91 Å². The van der Waals surface area contributed by atoms with Gasteiger partial charge in [-0.05, 0) is 12.1 Å². The van der Waals surface area contributed by atoms with Crippen LogP contribution in [0.4, 0.5) is 5.82 Å². The highest BCUT2D eigenvalue weighted by atomic mass is 16.4. The molecule has 1 fully saturated rings. The predicted octanol–water partition coefficient (Wildman–Crippen LogP) is 0.0582. The van der Waals surface area contributed by atoms with Gasteiger partial charge in [-0.3, -0.25) is 4.79 Å². The first-order valence-corrected chi connectivity index (χ1v) is 5.27. The maximum absolute atomic E-state index is 11.6. The molecule has 1 amide bonds. The summed E-state index contributed by atoms with van der Waals surface area (Å²) in [4.78, 5) is 30.0. The van der Waals surface area contributed by atoms with E-state index in [1.165, 1.54) is 12.3 Å². The van der Waals surface area contributed by atoms with Crippen LogP contribution in [0.25, 0.3) is 0 Å². The van der Waals surface area contributed by atoms with Gasteiger partial charge in [0.25, 0.3) is 0 Å². The third-order valence-corrected chi connectivity index (χ3v) is 2.77. The Bertz CT molecular complexity index is 461. The van der Waals surface area contributed by atoms with Crippen LogP contribution >= 0.6 is 0 Å². The monoisotopic (exact) mass is 235 g/mol. The molecule has 0 radical (unpaired) electrons. The van der Waals surface area contributed by atoms with Crippen molar-refractivity contribution in [3.8, 4) is 0 Å². The number of aromatic nitrogens is 1. The van der Waals surface area contributed by atoms with Gasteiger partial charge < -0.3 is 14.9 Å². The summed E-state index contributed by atoms with van der Waals surface area (Å²) in [5, 5.41) is 9.05. The lowest BCUT2D eigenvalue weighted by molar-refractivity contribution is -0.129. The van der Waals surface area contributed by atoms with Crippen molar-refractivity contribution in [3.63, 3.8) is 0 Å². The molecule has 6 heteroatoms. The Balaban J connectivity index is 2.29. The topological polar surface area (TPSA) is 73.7 Å². The van der Waals surface area contributed by atoms with Crippen LogP contribution in [0.1, 0.15) is 10.4 Å². The van der Waals surface area contributed by atoms with Crippen LogP contribution in [0.2, 0.25) is 0 Å². The quantitative estimate of drug-likeness (QED) is 0.784. The third-order valence-electron chi connectivity index (χ3n) is 2.77. The molecule has 0 aromatic carbocycles. The molecule has 1 N–H and O–H groups in total. The van der Waals surface area contributed by atoms with E-state index in [2.05, 4.69) is 4.98 Å². The fourth-order valence-electron chi connectivity index (χ4n) is 1.76. The van der Waals surface area contributed by atoms with Gasteiger partial charge in [0.05, 0.1) is 6.54 Å². The molecule has 0 bridgehead atoms. The number of pyridine rings is 1. The second-order valence-corrected chi connectivity index (χ2v) is 3.92. The molecule has 1 saturated heterocycles. The summed E-state index contributed by atoms with van der Waals surface area (Å²) in [6.07, 6.45) is 1.53. The molecule has 0 aliphatic carbocycles. The van der Waals surface area contributed by atoms with E-state index in [9.17, 15) is 9.59 Å². The highest BCUT2D eigenvalue weighted by Crippen LogP contribution is 2.18. The van der Waals surface area contributed by atoms with Gasteiger partial charge in [-0.25, -0.2) is 9.78 Å². The number of hydrogen-bond acceptors (Lipinski definition) is 4. The van der Waals surface area contributed by atoms with Crippen molar-refractivity contribution in [2.75, 3.05) is 31.6 Å². The maximum Gasteiger partial charge on any atom is 0.339 e. The first-order chi connectivity index (χ1) is 8.09. The van der Waals surface area contributed by atoms with Crippen molar-refractivity contribution >= 4 is 17.7 Å². The molecule has 0 atom stereocenters. The summed E-state index contributed by atoms with van der Waals surface area (Å²) in [7, 11) is 1.73. The number of amides is 1. The molecular formula is C11H13N3O3. The van der Waals surface area contributed by atoms with E-state index in [1.807, 2.05) is 0 Å². The van der Waals surface area contributed by atoms with Crippen molar-refractivity contribution in [2.24, 2.45) is 0 Å².